The highest BCUT2D eigenvalue weighted by Gasteiger charge is 2.42. The summed E-state index contributed by atoms with van der Waals surface area (Å²) in [5, 5.41) is 20.0. The number of aliphatic hydroxyl groups is 1. The van der Waals surface area contributed by atoms with Crippen molar-refractivity contribution in [3.8, 4) is 17.6 Å². The fourth-order valence-corrected chi connectivity index (χ4v) is 5.93. The van der Waals surface area contributed by atoms with Crippen molar-refractivity contribution in [1.82, 2.24) is 4.67 Å². The van der Waals surface area contributed by atoms with Crippen LogP contribution in [-0.2, 0) is 13.8 Å². The largest absolute Gasteiger partial charge is 0.486 e. The van der Waals surface area contributed by atoms with Gasteiger partial charge in [-0.15, -0.1) is 0 Å². The van der Waals surface area contributed by atoms with Crippen molar-refractivity contribution < 1.29 is 28.4 Å². The van der Waals surface area contributed by atoms with Gasteiger partial charge in [0.15, 0.2) is 12.4 Å². The van der Waals surface area contributed by atoms with E-state index in [-0.39, 0.29) is 31.7 Å². The van der Waals surface area contributed by atoms with E-state index in [1.165, 1.54) is 0 Å². The van der Waals surface area contributed by atoms with Crippen LogP contribution in [-0.4, -0.2) is 59.7 Å². The summed E-state index contributed by atoms with van der Waals surface area (Å²) in [5.41, 5.74) is 2.25. The Hall–Kier alpha value is -2.24. The Morgan fingerprint density at radius 2 is 1.50 bits per heavy atom. The van der Waals surface area contributed by atoms with Gasteiger partial charge in [0.25, 0.3) is 8.53 Å². The molecule has 1 heterocycles. The van der Waals surface area contributed by atoms with E-state index in [0.717, 1.165) is 11.1 Å². The first kappa shape index (κ1) is 30.3. The van der Waals surface area contributed by atoms with E-state index in [0.29, 0.717) is 17.9 Å². The number of aryl methyl sites for hydroxylation is 2. The molecule has 38 heavy (non-hydrogen) atoms. The number of rotatable bonds is 13. The maximum Gasteiger partial charge on any atom is 0.259 e. The molecule has 0 aliphatic carbocycles. The second-order valence-corrected chi connectivity index (χ2v) is 11.5. The van der Waals surface area contributed by atoms with Crippen LogP contribution in [0.15, 0.2) is 48.5 Å². The van der Waals surface area contributed by atoms with Gasteiger partial charge in [-0.3, -0.25) is 0 Å². The molecule has 0 aromatic heterocycles. The van der Waals surface area contributed by atoms with E-state index in [1.807, 2.05) is 62.4 Å². The average molecular weight is 545 g/mol. The number of hydrogen-bond acceptors (Lipinski definition) is 8. The molecule has 8 nitrogen and oxygen atoms in total. The lowest BCUT2D eigenvalue weighted by molar-refractivity contribution is -0.239. The van der Waals surface area contributed by atoms with Crippen molar-refractivity contribution in [1.29, 1.82) is 5.26 Å². The van der Waals surface area contributed by atoms with Gasteiger partial charge < -0.3 is 28.4 Å². The van der Waals surface area contributed by atoms with E-state index in [2.05, 4.69) is 38.4 Å². The second kappa shape index (κ2) is 14.8. The predicted molar refractivity (Wildman–Crippen MR) is 148 cm³/mol. The Balaban J connectivity index is 1.74. The fourth-order valence-electron chi connectivity index (χ4n) is 4.29. The number of aliphatic hydroxyl groups excluding tert-OH is 1. The minimum atomic E-state index is -1.43. The average Bonchev–Trinajstić information content (AvgIpc) is 2.86. The number of nitriles is 1. The lowest BCUT2D eigenvalue weighted by Gasteiger charge is -2.40. The van der Waals surface area contributed by atoms with Crippen molar-refractivity contribution >= 4 is 8.53 Å². The molecule has 0 spiro atoms. The number of nitrogens with zero attached hydrogens (tertiary/aromatic N) is 2. The Bertz CT molecular complexity index is 1000. The number of hydrogen-bond donors (Lipinski definition) is 1. The first-order valence-corrected chi connectivity index (χ1v) is 14.3. The number of ether oxygens (including phenoxy) is 3. The molecule has 2 aromatic rings. The Morgan fingerprint density at radius 1 is 0.947 bits per heavy atom. The molecule has 208 valence electrons. The molecule has 2 unspecified atom stereocenters. The minimum Gasteiger partial charge on any atom is -0.486 e. The van der Waals surface area contributed by atoms with Gasteiger partial charge in [-0.1, -0.05) is 35.4 Å². The summed E-state index contributed by atoms with van der Waals surface area (Å²) in [6.07, 6.45) is -2.13. The molecule has 0 saturated carbocycles. The minimum absolute atomic E-state index is 0.186. The molecule has 0 amide bonds. The fraction of sp³-hybridized carbons (Fsp3) is 0.552. The standard InChI is InChI=1S/C29H41N2O6P/c1-20(2)31(21(3)4)38(33-17-7-16-30)34-19-26-18-27(35-24-12-8-22(5)9-13-24)28(29(32)37-26)36-25-14-10-23(6)11-15-25/h8-15,20-21,26-29,32H,7,17-19H2,1-6H3/t26-,27-,28+,29?,38?/m0/s1. The molecule has 3 rings (SSSR count). The Kier molecular flexibility index (Phi) is 11.8. The quantitative estimate of drug-likeness (QED) is 0.246. The molecular weight excluding hydrogens is 503 g/mol. The van der Waals surface area contributed by atoms with Crippen LogP contribution in [0, 0.1) is 25.2 Å². The van der Waals surface area contributed by atoms with E-state index in [9.17, 15) is 5.11 Å². The molecule has 1 aliphatic rings. The highest BCUT2D eigenvalue weighted by atomic mass is 31.2. The van der Waals surface area contributed by atoms with Crippen LogP contribution < -0.4 is 9.47 Å². The third-order valence-electron chi connectivity index (χ3n) is 6.11. The topological polar surface area (TPSA) is 93.4 Å². The zero-order valence-electron chi connectivity index (χ0n) is 23.2. The van der Waals surface area contributed by atoms with Gasteiger partial charge in [-0.25, -0.2) is 4.67 Å². The van der Waals surface area contributed by atoms with E-state index in [1.54, 1.807) is 0 Å². The SMILES string of the molecule is Cc1ccc(O[C@H]2C[C@@H](COP(OCCC#N)N(C(C)C)C(C)C)OC(O)[C@@H]2Oc2ccc(C)cc2)cc1. The lowest BCUT2D eigenvalue weighted by atomic mass is 10.0. The van der Waals surface area contributed by atoms with Crippen LogP contribution in [0.25, 0.3) is 0 Å². The first-order chi connectivity index (χ1) is 18.2. The third kappa shape index (κ3) is 8.91. The van der Waals surface area contributed by atoms with Gasteiger partial charge in [0, 0.05) is 18.5 Å². The van der Waals surface area contributed by atoms with E-state index >= 15 is 0 Å². The Morgan fingerprint density at radius 3 is 2.03 bits per heavy atom. The van der Waals surface area contributed by atoms with Crippen LogP contribution in [0.2, 0.25) is 0 Å². The summed E-state index contributed by atoms with van der Waals surface area (Å²) >= 11 is 0. The molecule has 1 fully saturated rings. The molecule has 1 N–H and O–H groups in total. The van der Waals surface area contributed by atoms with E-state index < -0.39 is 33.1 Å². The normalized spacial score (nSPS) is 22.4. The van der Waals surface area contributed by atoms with Gasteiger partial charge in [-0.05, 0) is 65.8 Å². The van der Waals surface area contributed by atoms with Crippen molar-refractivity contribution in [3.63, 3.8) is 0 Å². The maximum absolute atomic E-state index is 11.0. The molecule has 9 heteroatoms. The van der Waals surface area contributed by atoms with Gasteiger partial charge in [0.1, 0.15) is 17.6 Å². The summed E-state index contributed by atoms with van der Waals surface area (Å²) in [5.74, 6) is 1.33. The molecule has 0 radical (unpaired) electrons. The van der Waals surface area contributed by atoms with E-state index in [4.69, 9.17) is 28.5 Å². The Labute approximate surface area is 228 Å². The summed E-state index contributed by atoms with van der Waals surface area (Å²) < 4.78 is 32.9. The summed E-state index contributed by atoms with van der Waals surface area (Å²) in [4.78, 5) is 0. The highest BCUT2D eigenvalue weighted by molar-refractivity contribution is 7.44. The van der Waals surface area contributed by atoms with Gasteiger partial charge in [0.2, 0.25) is 0 Å². The van der Waals surface area contributed by atoms with Crippen molar-refractivity contribution in [2.75, 3.05) is 13.2 Å². The lowest BCUT2D eigenvalue weighted by Crippen LogP contribution is -2.54. The molecule has 1 saturated heterocycles. The van der Waals surface area contributed by atoms with Gasteiger partial charge >= 0.3 is 0 Å². The molecule has 1 aliphatic heterocycles. The summed E-state index contributed by atoms with van der Waals surface area (Å²) in [6.45, 7) is 12.9. The molecule has 2 aromatic carbocycles. The van der Waals surface area contributed by atoms with Crippen LogP contribution >= 0.6 is 8.53 Å². The van der Waals surface area contributed by atoms with Crippen molar-refractivity contribution in [2.24, 2.45) is 0 Å². The summed E-state index contributed by atoms with van der Waals surface area (Å²) in [7, 11) is -1.43. The van der Waals surface area contributed by atoms with Gasteiger partial charge in [0.05, 0.1) is 31.8 Å². The smallest absolute Gasteiger partial charge is 0.259 e. The zero-order valence-corrected chi connectivity index (χ0v) is 24.1. The van der Waals surface area contributed by atoms with Crippen LogP contribution in [0.4, 0.5) is 0 Å². The number of benzene rings is 2. The molecular formula is C29H41N2O6P. The monoisotopic (exact) mass is 544 g/mol. The predicted octanol–water partition coefficient (Wildman–Crippen LogP) is 5.90. The van der Waals surface area contributed by atoms with Crippen molar-refractivity contribution in [3.05, 3.63) is 59.7 Å². The molecule has 0 bridgehead atoms. The highest BCUT2D eigenvalue weighted by Crippen LogP contribution is 2.46. The third-order valence-corrected chi connectivity index (χ3v) is 8.18. The van der Waals surface area contributed by atoms with Crippen LogP contribution in [0.3, 0.4) is 0 Å². The summed E-state index contributed by atoms with van der Waals surface area (Å²) in [6, 6.07) is 18.0. The zero-order chi connectivity index (χ0) is 27.7. The first-order valence-electron chi connectivity index (χ1n) is 13.2. The van der Waals surface area contributed by atoms with Gasteiger partial charge in [-0.2, -0.15) is 5.26 Å². The van der Waals surface area contributed by atoms with Crippen LogP contribution in [0.5, 0.6) is 11.5 Å². The van der Waals surface area contributed by atoms with Crippen molar-refractivity contribution in [2.45, 2.75) is 91.1 Å². The van der Waals surface area contributed by atoms with Crippen LogP contribution in [0.1, 0.15) is 51.7 Å². The second-order valence-electron chi connectivity index (χ2n) is 10.1. The maximum atomic E-state index is 11.0. The molecule has 5 atom stereocenters.